The van der Waals surface area contributed by atoms with Gasteiger partial charge in [-0.2, -0.15) is 0 Å². The molecule has 0 amide bonds. The highest BCUT2D eigenvalue weighted by Crippen LogP contribution is 2.43. The van der Waals surface area contributed by atoms with Gasteiger partial charge in [-0.15, -0.1) is 0 Å². The molecule has 0 bridgehead atoms. The minimum absolute atomic E-state index is 1.05. The second kappa shape index (κ2) is 3.16. The molecule has 11 heavy (non-hydrogen) atoms. The average Bonchev–Trinajstić information content (AvgIpc) is 2.06. The van der Waals surface area contributed by atoms with Gasteiger partial charge >= 0.3 is 0 Å². The van der Waals surface area contributed by atoms with Crippen LogP contribution in [-0.2, 0) is 0 Å². The van der Waals surface area contributed by atoms with E-state index in [2.05, 4.69) is 6.92 Å². The monoisotopic (exact) mass is 152 g/mol. The van der Waals surface area contributed by atoms with Crippen LogP contribution in [0, 0.1) is 17.8 Å². The highest BCUT2D eigenvalue weighted by atomic mass is 14.4. The molecule has 0 aliphatic heterocycles. The maximum absolute atomic E-state index is 2.47. The molecular formula is C11H20. The van der Waals surface area contributed by atoms with Crippen LogP contribution in [0.3, 0.4) is 0 Å². The van der Waals surface area contributed by atoms with Gasteiger partial charge in [-0.1, -0.05) is 45.4 Å². The summed E-state index contributed by atoms with van der Waals surface area (Å²) in [6.07, 6.45) is 10.7. The molecular weight excluding hydrogens is 132 g/mol. The molecule has 2 fully saturated rings. The van der Waals surface area contributed by atoms with Gasteiger partial charge in [-0.25, -0.2) is 0 Å². The van der Waals surface area contributed by atoms with Crippen LogP contribution in [0.25, 0.3) is 0 Å². The van der Waals surface area contributed by atoms with Gasteiger partial charge < -0.3 is 0 Å². The van der Waals surface area contributed by atoms with Crippen molar-refractivity contribution in [2.75, 3.05) is 0 Å². The smallest absolute Gasteiger partial charge is 0.0360 e. The predicted molar refractivity (Wildman–Crippen MR) is 48.5 cm³/mol. The van der Waals surface area contributed by atoms with Crippen LogP contribution in [-0.4, -0.2) is 0 Å². The van der Waals surface area contributed by atoms with Crippen LogP contribution in [0.1, 0.15) is 51.9 Å². The van der Waals surface area contributed by atoms with Crippen molar-refractivity contribution < 1.29 is 0 Å². The van der Waals surface area contributed by atoms with Gasteiger partial charge in [0.25, 0.3) is 0 Å². The Morgan fingerprint density at radius 3 is 2.36 bits per heavy atom. The number of rotatable bonds is 0. The third-order valence-electron chi connectivity index (χ3n) is 3.93. The molecule has 64 valence electrons. The van der Waals surface area contributed by atoms with Crippen LogP contribution in [0.4, 0.5) is 0 Å². The summed E-state index contributed by atoms with van der Waals surface area (Å²) in [6.45, 7) is 2.47. The van der Waals surface area contributed by atoms with E-state index < -0.39 is 0 Å². The molecule has 0 N–H and O–H groups in total. The molecule has 0 aromatic carbocycles. The molecule has 0 spiro atoms. The lowest BCUT2D eigenvalue weighted by molar-refractivity contribution is 0.114. The van der Waals surface area contributed by atoms with Crippen LogP contribution in [0.15, 0.2) is 0 Å². The van der Waals surface area contributed by atoms with E-state index in [0.717, 1.165) is 17.8 Å². The first-order valence-corrected chi connectivity index (χ1v) is 5.38. The topological polar surface area (TPSA) is 0 Å². The van der Waals surface area contributed by atoms with Crippen LogP contribution >= 0.6 is 0 Å². The second-order valence-corrected chi connectivity index (χ2v) is 4.62. The molecule has 0 aromatic rings. The van der Waals surface area contributed by atoms with Crippen molar-refractivity contribution in [3.63, 3.8) is 0 Å². The van der Waals surface area contributed by atoms with E-state index >= 15 is 0 Å². The van der Waals surface area contributed by atoms with Crippen molar-refractivity contribution in [2.45, 2.75) is 51.9 Å². The Morgan fingerprint density at radius 2 is 1.55 bits per heavy atom. The summed E-state index contributed by atoms with van der Waals surface area (Å²) in [6, 6.07) is 0. The first-order valence-electron chi connectivity index (χ1n) is 5.38. The Bertz CT molecular complexity index is 126. The number of hydrogen-bond donors (Lipinski definition) is 0. The molecule has 3 atom stereocenters. The summed E-state index contributed by atoms with van der Waals surface area (Å²) in [5.74, 6) is 3.30. The third-order valence-corrected chi connectivity index (χ3v) is 3.93. The van der Waals surface area contributed by atoms with Crippen molar-refractivity contribution in [2.24, 2.45) is 17.8 Å². The van der Waals surface area contributed by atoms with E-state index in [1.165, 1.54) is 25.7 Å². The average molecular weight is 152 g/mol. The Morgan fingerprint density at radius 1 is 0.818 bits per heavy atom. The lowest BCUT2D eigenvalue weighted by Crippen LogP contribution is -2.29. The number of fused-ring (bicyclic) bond motifs is 1. The van der Waals surface area contributed by atoms with E-state index in [1.54, 1.807) is 19.3 Å². The fourth-order valence-electron chi connectivity index (χ4n) is 3.26. The minimum Gasteiger partial charge on any atom is -0.0622 e. The first-order chi connectivity index (χ1) is 5.38. The highest BCUT2D eigenvalue weighted by Gasteiger charge is 2.31. The lowest BCUT2D eigenvalue weighted by Gasteiger charge is -2.39. The standard InChI is InChI=1S/C11H20/c1-9-5-4-7-10-6-2-3-8-11(9)10/h9-11H,2-8H2,1H3/t9?,10?,11-/m0/s1. The van der Waals surface area contributed by atoms with Gasteiger partial charge in [0.05, 0.1) is 0 Å². The summed E-state index contributed by atoms with van der Waals surface area (Å²) in [5, 5.41) is 0. The molecule has 2 aliphatic carbocycles. The Hall–Kier alpha value is 0. The molecule has 0 radical (unpaired) electrons. The van der Waals surface area contributed by atoms with Crippen LogP contribution in [0.2, 0.25) is 0 Å². The molecule has 2 saturated carbocycles. The zero-order chi connectivity index (χ0) is 7.68. The van der Waals surface area contributed by atoms with E-state index in [0.29, 0.717) is 0 Å². The SMILES string of the molecule is CC1CCCC2CCCC[C@@H]12. The normalized spacial score (nSPS) is 45.0. The molecule has 0 aromatic heterocycles. The molecule has 2 rings (SSSR count). The van der Waals surface area contributed by atoms with Crippen molar-refractivity contribution in [1.29, 1.82) is 0 Å². The first kappa shape index (κ1) is 7.64. The van der Waals surface area contributed by atoms with Gasteiger partial charge in [0.15, 0.2) is 0 Å². The highest BCUT2D eigenvalue weighted by molar-refractivity contribution is 4.82. The van der Waals surface area contributed by atoms with Crippen molar-refractivity contribution in [3.05, 3.63) is 0 Å². The fraction of sp³-hybridized carbons (Fsp3) is 1.00. The minimum atomic E-state index is 1.05. The van der Waals surface area contributed by atoms with Crippen LogP contribution in [0.5, 0.6) is 0 Å². The summed E-state index contributed by atoms with van der Waals surface area (Å²) in [4.78, 5) is 0. The van der Waals surface area contributed by atoms with Gasteiger partial charge in [-0.3, -0.25) is 0 Å². The second-order valence-electron chi connectivity index (χ2n) is 4.62. The van der Waals surface area contributed by atoms with E-state index in [-0.39, 0.29) is 0 Å². The summed E-state index contributed by atoms with van der Waals surface area (Å²) in [5.41, 5.74) is 0. The summed E-state index contributed by atoms with van der Waals surface area (Å²) < 4.78 is 0. The predicted octanol–water partition coefficient (Wildman–Crippen LogP) is 3.61. The largest absolute Gasteiger partial charge is 0.0622 e. The molecule has 0 heterocycles. The maximum atomic E-state index is 2.47. The Kier molecular flexibility index (Phi) is 2.20. The lowest BCUT2D eigenvalue weighted by atomic mass is 9.66. The Labute approximate surface area is 70.4 Å². The van der Waals surface area contributed by atoms with E-state index in [9.17, 15) is 0 Å². The fourth-order valence-corrected chi connectivity index (χ4v) is 3.26. The molecule has 0 heteroatoms. The quantitative estimate of drug-likeness (QED) is 0.497. The van der Waals surface area contributed by atoms with Gasteiger partial charge in [0.2, 0.25) is 0 Å². The number of hydrogen-bond acceptors (Lipinski definition) is 0. The zero-order valence-electron chi connectivity index (χ0n) is 7.68. The van der Waals surface area contributed by atoms with Gasteiger partial charge in [0, 0.05) is 0 Å². The van der Waals surface area contributed by atoms with E-state index in [4.69, 9.17) is 0 Å². The Balaban J connectivity index is 1.99. The zero-order valence-corrected chi connectivity index (χ0v) is 7.68. The third kappa shape index (κ3) is 1.45. The van der Waals surface area contributed by atoms with Gasteiger partial charge in [-0.05, 0) is 24.2 Å². The summed E-state index contributed by atoms with van der Waals surface area (Å²) >= 11 is 0. The van der Waals surface area contributed by atoms with Crippen molar-refractivity contribution in [3.8, 4) is 0 Å². The molecule has 0 nitrogen and oxygen atoms in total. The van der Waals surface area contributed by atoms with E-state index in [1.807, 2.05) is 0 Å². The molecule has 2 unspecified atom stereocenters. The van der Waals surface area contributed by atoms with Crippen molar-refractivity contribution >= 4 is 0 Å². The van der Waals surface area contributed by atoms with Crippen LogP contribution < -0.4 is 0 Å². The van der Waals surface area contributed by atoms with Crippen molar-refractivity contribution in [1.82, 2.24) is 0 Å². The summed E-state index contributed by atoms with van der Waals surface area (Å²) in [7, 11) is 0. The molecule has 0 saturated heterocycles. The van der Waals surface area contributed by atoms with Gasteiger partial charge in [0.1, 0.15) is 0 Å². The maximum Gasteiger partial charge on any atom is -0.0360 e. The molecule has 2 aliphatic rings.